The predicted octanol–water partition coefficient (Wildman–Crippen LogP) is 1.38. The maximum Gasteiger partial charge on any atom is 0.246 e. The number of hydrogen-bond acceptors (Lipinski definition) is 5. The Morgan fingerprint density at radius 3 is 2.71 bits per heavy atom. The summed E-state index contributed by atoms with van der Waals surface area (Å²) in [5.41, 5.74) is 2.25. The first-order valence-electron chi connectivity index (χ1n) is 6.84. The predicted molar refractivity (Wildman–Crippen MR) is 75.2 cm³/mol. The fourth-order valence-corrected chi connectivity index (χ4v) is 3.81. The van der Waals surface area contributed by atoms with E-state index in [0.29, 0.717) is 17.4 Å². The van der Waals surface area contributed by atoms with Crippen molar-refractivity contribution in [1.82, 2.24) is 19.7 Å². The van der Waals surface area contributed by atoms with Crippen molar-refractivity contribution < 1.29 is 12.9 Å². The lowest BCUT2D eigenvalue weighted by molar-refractivity contribution is 0.390. The van der Waals surface area contributed by atoms with Crippen LogP contribution >= 0.6 is 0 Å². The zero-order valence-electron chi connectivity index (χ0n) is 12.3. The molecule has 1 fully saturated rings. The van der Waals surface area contributed by atoms with Crippen molar-refractivity contribution in [2.45, 2.75) is 44.0 Å². The highest BCUT2D eigenvalue weighted by Crippen LogP contribution is 2.39. The van der Waals surface area contributed by atoms with Gasteiger partial charge in [0.25, 0.3) is 0 Å². The maximum absolute atomic E-state index is 12.3. The first-order chi connectivity index (χ1) is 9.88. The highest BCUT2D eigenvalue weighted by atomic mass is 32.2. The minimum Gasteiger partial charge on any atom is -0.360 e. The van der Waals surface area contributed by atoms with Crippen molar-refractivity contribution in [1.29, 1.82) is 0 Å². The van der Waals surface area contributed by atoms with Crippen molar-refractivity contribution in [3.05, 3.63) is 28.9 Å². The number of sulfonamides is 1. The lowest BCUT2D eigenvalue weighted by Gasteiger charge is -2.04. The third kappa shape index (κ3) is 2.73. The average Bonchev–Trinajstić information content (AvgIpc) is 3.09. The molecule has 0 radical (unpaired) electrons. The van der Waals surface area contributed by atoms with E-state index in [2.05, 4.69) is 15.0 Å². The molecule has 0 amide bonds. The molecular formula is C13H18N4O3S. The van der Waals surface area contributed by atoms with Gasteiger partial charge in [0.1, 0.15) is 10.6 Å². The Kier molecular flexibility index (Phi) is 3.37. The highest BCUT2D eigenvalue weighted by molar-refractivity contribution is 7.89. The highest BCUT2D eigenvalue weighted by Gasteiger charge is 2.28. The Hall–Kier alpha value is -1.67. The van der Waals surface area contributed by atoms with Gasteiger partial charge in [0, 0.05) is 18.7 Å². The molecule has 7 nitrogen and oxygen atoms in total. The first kappa shape index (κ1) is 14.3. The van der Waals surface area contributed by atoms with E-state index < -0.39 is 10.0 Å². The molecule has 2 aromatic heterocycles. The van der Waals surface area contributed by atoms with Crippen LogP contribution in [0.15, 0.2) is 15.5 Å². The lowest BCUT2D eigenvalue weighted by Crippen LogP contribution is -2.24. The second kappa shape index (κ2) is 4.96. The summed E-state index contributed by atoms with van der Waals surface area (Å²) >= 11 is 0. The van der Waals surface area contributed by atoms with E-state index >= 15 is 0 Å². The van der Waals surface area contributed by atoms with Crippen LogP contribution in [0.1, 0.15) is 41.6 Å². The molecule has 2 aromatic rings. The van der Waals surface area contributed by atoms with E-state index in [9.17, 15) is 8.42 Å². The van der Waals surface area contributed by atoms with E-state index in [0.717, 1.165) is 5.69 Å². The van der Waals surface area contributed by atoms with Crippen LogP contribution in [0.3, 0.4) is 0 Å². The Labute approximate surface area is 123 Å². The van der Waals surface area contributed by atoms with Gasteiger partial charge in [-0.25, -0.2) is 13.1 Å². The molecule has 114 valence electrons. The summed E-state index contributed by atoms with van der Waals surface area (Å²) in [6.07, 6.45) is 2.37. The van der Waals surface area contributed by atoms with E-state index in [-0.39, 0.29) is 11.4 Å². The minimum absolute atomic E-state index is 0.112. The molecule has 21 heavy (non-hydrogen) atoms. The van der Waals surface area contributed by atoms with Crippen molar-refractivity contribution in [2.24, 2.45) is 7.05 Å². The van der Waals surface area contributed by atoms with Gasteiger partial charge in [-0.3, -0.25) is 4.68 Å². The Morgan fingerprint density at radius 2 is 2.14 bits per heavy atom. The number of hydrogen-bond donors (Lipinski definition) is 1. The first-order valence-corrected chi connectivity index (χ1v) is 8.32. The fraction of sp³-hybridized carbons (Fsp3) is 0.538. The molecule has 0 aliphatic heterocycles. The van der Waals surface area contributed by atoms with Crippen LogP contribution in [0, 0.1) is 13.8 Å². The monoisotopic (exact) mass is 310 g/mol. The summed E-state index contributed by atoms with van der Waals surface area (Å²) in [6, 6.07) is 1.97. The molecule has 8 heteroatoms. The molecule has 1 saturated carbocycles. The molecule has 0 unspecified atom stereocenters. The molecule has 0 saturated heterocycles. The van der Waals surface area contributed by atoms with Gasteiger partial charge in [0.05, 0.1) is 12.2 Å². The molecule has 0 atom stereocenters. The molecular weight excluding hydrogens is 292 g/mol. The van der Waals surface area contributed by atoms with Crippen molar-refractivity contribution in [3.63, 3.8) is 0 Å². The normalized spacial score (nSPS) is 15.6. The Balaban J connectivity index is 1.76. The largest absolute Gasteiger partial charge is 0.360 e. The molecule has 1 aliphatic carbocycles. The number of aryl methyl sites for hydroxylation is 3. The lowest BCUT2D eigenvalue weighted by atomic mass is 10.2. The minimum atomic E-state index is -3.64. The number of nitrogens with zero attached hydrogens (tertiary/aromatic N) is 3. The van der Waals surface area contributed by atoms with Crippen LogP contribution in [-0.2, 0) is 23.6 Å². The van der Waals surface area contributed by atoms with Gasteiger partial charge in [-0.1, -0.05) is 5.16 Å². The van der Waals surface area contributed by atoms with Gasteiger partial charge in [0.2, 0.25) is 10.0 Å². The molecule has 0 bridgehead atoms. The standard InChI is InChI=1S/C13H18N4O3S/c1-8-13(9(2)20-16-8)21(18,19)14-7-11-6-12(10-4-5-10)17(3)15-11/h6,10,14H,4-5,7H2,1-3H3. The van der Waals surface area contributed by atoms with Crippen LogP contribution in [0.25, 0.3) is 0 Å². The summed E-state index contributed by atoms with van der Waals surface area (Å²) in [5, 5.41) is 8.03. The van der Waals surface area contributed by atoms with Gasteiger partial charge < -0.3 is 4.52 Å². The van der Waals surface area contributed by atoms with Gasteiger partial charge in [0.15, 0.2) is 5.76 Å². The Bertz CT molecular complexity index is 752. The molecule has 3 rings (SSSR count). The summed E-state index contributed by atoms with van der Waals surface area (Å²) < 4.78 is 33.9. The zero-order chi connectivity index (χ0) is 15.2. The maximum atomic E-state index is 12.3. The van der Waals surface area contributed by atoms with E-state index in [1.54, 1.807) is 13.8 Å². The van der Waals surface area contributed by atoms with Crippen LogP contribution in [0.2, 0.25) is 0 Å². The fourth-order valence-electron chi connectivity index (χ4n) is 2.49. The summed E-state index contributed by atoms with van der Waals surface area (Å²) in [6.45, 7) is 3.35. The van der Waals surface area contributed by atoms with E-state index in [1.807, 2.05) is 17.8 Å². The summed E-state index contributed by atoms with van der Waals surface area (Å²) in [5.74, 6) is 0.870. The van der Waals surface area contributed by atoms with Gasteiger partial charge in [-0.05, 0) is 32.8 Å². The second-order valence-corrected chi connectivity index (χ2v) is 7.14. The molecule has 1 N–H and O–H groups in total. The zero-order valence-corrected chi connectivity index (χ0v) is 13.1. The number of aromatic nitrogens is 3. The average molecular weight is 310 g/mol. The van der Waals surface area contributed by atoms with Crippen molar-refractivity contribution >= 4 is 10.0 Å². The number of nitrogens with one attached hydrogen (secondary N) is 1. The van der Waals surface area contributed by atoms with Crippen LogP contribution in [0.5, 0.6) is 0 Å². The van der Waals surface area contributed by atoms with E-state index in [1.165, 1.54) is 18.5 Å². The topological polar surface area (TPSA) is 90.0 Å². The Morgan fingerprint density at radius 1 is 1.43 bits per heavy atom. The second-order valence-electron chi connectivity index (χ2n) is 5.44. The summed E-state index contributed by atoms with van der Waals surface area (Å²) in [7, 11) is -1.75. The van der Waals surface area contributed by atoms with Gasteiger partial charge >= 0.3 is 0 Å². The van der Waals surface area contributed by atoms with Crippen LogP contribution < -0.4 is 4.72 Å². The molecule has 1 aliphatic rings. The SMILES string of the molecule is Cc1noc(C)c1S(=O)(=O)NCc1cc(C2CC2)n(C)n1. The van der Waals surface area contributed by atoms with E-state index in [4.69, 9.17) is 4.52 Å². The quantitative estimate of drug-likeness (QED) is 0.901. The summed E-state index contributed by atoms with van der Waals surface area (Å²) in [4.78, 5) is 0.112. The van der Waals surface area contributed by atoms with Gasteiger partial charge in [-0.2, -0.15) is 5.10 Å². The van der Waals surface area contributed by atoms with Crippen LogP contribution in [0.4, 0.5) is 0 Å². The molecule has 0 aromatic carbocycles. The molecule has 0 spiro atoms. The third-order valence-corrected chi connectivity index (χ3v) is 5.29. The third-order valence-electron chi connectivity index (χ3n) is 3.64. The van der Waals surface area contributed by atoms with Gasteiger partial charge in [-0.15, -0.1) is 0 Å². The molecule has 2 heterocycles. The van der Waals surface area contributed by atoms with Crippen molar-refractivity contribution in [2.75, 3.05) is 0 Å². The smallest absolute Gasteiger partial charge is 0.246 e. The number of rotatable bonds is 5. The van der Waals surface area contributed by atoms with Crippen molar-refractivity contribution in [3.8, 4) is 0 Å². The van der Waals surface area contributed by atoms with Crippen LogP contribution in [-0.4, -0.2) is 23.4 Å².